The molecule has 0 aliphatic heterocycles. The standard InChI is InChI=1S/C19H22N2O5/c1-4-5-10-26-18-9-7-15(25-3)12-16(18)20-19(22)14-6-8-17(21(23)24)13(2)11-14/h6-9,11-12H,4-5,10H2,1-3H3,(H,20,22). The van der Waals surface area contributed by atoms with Crippen LogP contribution in [0.3, 0.4) is 0 Å². The van der Waals surface area contributed by atoms with Gasteiger partial charge in [0, 0.05) is 23.3 Å². The van der Waals surface area contributed by atoms with E-state index in [4.69, 9.17) is 9.47 Å². The molecule has 1 amide bonds. The van der Waals surface area contributed by atoms with E-state index in [-0.39, 0.29) is 11.6 Å². The van der Waals surface area contributed by atoms with E-state index >= 15 is 0 Å². The number of carbonyl (C=O) groups excluding carboxylic acids is 1. The summed E-state index contributed by atoms with van der Waals surface area (Å²) in [6.07, 6.45) is 1.90. The number of ether oxygens (including phenoxy) is 2. The fraction of sp³-hybridized carbons (Fsp3) is 0.316. The zero-order chi connectivity index (χ0) is 19.1. The average molecular weight is 358 g/mol. The van der Waals surface area contributed by atoms with E-state index in [0.717, 1.165) is 12.8 Å². The Morgan fingerprint density at radius 3 is 2.62 bits per heavy atom. The molecule has 0 aromatic heterocycles. The highest BCUT2D eigenvalue weighted by Crippen LogP contribution is 2.30. The van der Waals surface area contributed by atoms with Gasteiger partial charge in [-0.2, -0.15) is 0 Å². The zero-order valence-electron chi connectivity index (χ0n) is 15.1. The highest BCUT2D eigenvalue weighted by Gasteiger charge is 2.16. The molecule has 0 heterocycles. The Morgan fingerprint density at radius 2 is 2.00 bits per heavy atom. The van der Waals surface area contributed by atoms with Crippen LogP contribution in [0, 0.1) is 17.0 Å². The monoisotopic (exact) mass is 358 g/mol. The predicted molar refractivity (Wildman–Crippen MR) is 99.2 cm³/mol. The van der Waals surface area contributed by atoms with Gasteiger partial charge >= 0.3 is 0 Å². The van der Waals surface area contributed by atoms with Crippen LogP contribution in [0.1, 0.15) is 35.7 Å². The molecule has 0 saturated heterocycles. The highest BCUT2D eigenvalue weighted by molar-refractivity contribution is 6.05. The Bertz CT molecular complexity index is 805. The lowest BCUT2D eigenvalue weighted by atomic mass is 10.1. The SMILES string of the molecule is CCCCOc1ccc(OC)cc1NC(=O)c1ccc([N+](=O)[O-])c(C)c1. The van der Waals surface area contributed by atoms with E-state index in [1.54, 1.807) is 25.1 Å². The minimum atomic E-state index is -0.473. The lowest BCUT2D eigenvalue weighted by molar-refractivity contribution is -0.385. The van der Waals surface area contributed by atoms with Crippen LogP contribution in [0.15, 0.2) is 36.4 Å². The summed E-state index contributed by atoms with van der Waals surface area (Å²) in [6.45, 7) is 4.21. The number of nitrogens with zero attached hydrogens (tertiary/aromatic N) is 1. The van der Waals surface area contributed by atoms with Crippen molar-refractivity contribution in [3.63, 3.8) is 0 Å². The third-order valence-electron chi connectivity index (χ3n) is 3.85. The van der Waals surface area contributed by atoms with Crippen LogP contribution in [0.5, 0.6) is 11.5 Å². The molecule has 0 saturated carbocycles. The molecular weight excluding hydrogens is 336 g/mol. The maximum atomic E-state index is 12.6. The smallest absolute Gasteiger partial charge is 0.272 e. The van der Waals surface area contributed by atoms with Crippen molar-refractivity contribution in [1.82, 2.24) is 0 Å². The first-order valence-corrected chi connectivity index (χ1v) is 8.33. The van der Waals surface area contributed by atoms with Gasteiger partial charge in [0.25, 0.3) is 11.6 Å². The van der Waals surface area contributed by atoms with Gasteiger partial charge in [-0.05, 0) is 37.6 Å². The topological polar surface area (TPSA) is 90.7 Å². The zero-order valence-corrected chi connectivity index (χ0v) is 15.1. The summed E-state index contributed by atoms with van der Waals surface area (Å²) in [5.41, 5.74) is 1.22. The lowest BCUT2D eigenvalue weighted by Crippen LogP contribution is -2.13. The van der Waals surface area contributed by atoms with Gasteiger partial charge < -0.3 is 14.8 Å². The van der Waals surface area contributed by atoms with E-state index in [2.05, 4.69) is 12.2 Å². The summed E-state index contributed by atoms with van der Waals surface area (Å²) >= 11 is 0. The number of anilines is 1. The number of hydrogen-bond donors (Lipinski definition) is 1. The number of unbranched alkanes of at least 4 members (excludes halogenated alkanes) is 1. The lowest BCUT2D eigenvalue weighted by Gasteiger charge is -2.14. The summed E-state index contributed by atoms with van der Waals surface area (Å²) in [5, 5.41) is 13.7. The average Bonchev–Trinajstić information content (AvgIpc) is 2.62. The third-order valence-corrected chi connectivity index (χ3v) is 3.85. The first-order valence-electron chi connectivity index (χ1n) is 8.33. The van der Waals surface area contributed by atoms with E-state index in [9.17, 15) is 14.9 Å². The first kappa shape index (κ1) is 19.2. The molecule has 7 heteroatoms. The van der Waals surface area contributed by atoms with Gasteiger partial charge in [-0.15, -0.1) is 0 Å². The van der Waals surface area contributed by atoms with E-state index in [1.807, 2.05) is 0 Å². The number of nitrogens with one attached hydrogen (secondary N) is 1. The van der Waals surface area contributed by atoms with Crippen molar-refractivity contribution in [1.29, 1.82) is 0 Å². The minimum Gasteiger partial charge on any atom is -0.497 e. The summed E-state index contributed by atoms with van der Waals surface area (Å²) in [4.78, 5) is 23.0. The summed E-state index contributed by atoms with van der Waals surface area (Å²) in [7, 11) is 1.54. The van der Waals surface area contributed by atoms with Crippen LogP contribution < -0.4 is 14.8 Å². The van der Waals surface area contributed by atoms with Crippen molar-refractivity contribution in [3.05, 3.63) is 57.6 Å². The molecule has 0 radical (unpaired) electrons. The molecule has 0 atom stereocenters. The van der Waals surface area contributed by atoms with Crippen LogP contribution in [-0.4, -0.2) is 24.5 Å². The van der Waals surface area contributed by atoms with E-state index in [0.29, 0.717) is 34.9 Å². The molecule has 0 aliphatic rings. The van der Waals surface area contributed by atoms with Crippen molar-refractivity contribution >= 4 is 17.3 Å². The van der Waals surface area contributed by atoms with Gasteiger partial charge in [-0.1, -0.05) is 13.3 Å². The van der Waals surface area contributed by atoms with Crippen LogP contribution >= 0.6 is 0 Å². The van der Waals surface area contributed by atoms with Gasteiger partial charge in [0.1, 0.15) is 11.5 Å². The van der Waals surface area contributed by atoms with Crippen LogP contribution in [-0.2, 0) is 0 Å². The van der Waals surface area contributed by atoms with Crippen molar-refractivity contribution in [3.8, 4) is 11.5 Å². The van der Waals surface area contributed by atoms with Crippen LogP contribution in [0.25, 0.3) is 0 Å². The fourth-order valence-corrected chi connectivity index (χ4v) is 2.38. The maximum absolute atomic E-state index is 12.6. The van der Waals surface area contributed by atoms with E-state index < -0.39 is 4.92 Å². The van der Waals surface area contributed by atoms with Crippen LogP contribution in [0.2, 0.25) is 0 Å². The Morgan fingerprint density at radius 1 is 1.23 bits per heavy atom. The number of methoxy groups -OCH3 is 1. The quantitative estimate of drug-likeness (QED) is 0.430. The van der Waals surface area contributed by atoms with Gasteiger partial charge in [0.2, 0.25) is 0 Å². The number of nitro benzene ring substituents is 1. The second-order valence-electron chi connectivity index (χ2n) is 5.78. The van der Waals surface area contributed by atoms with Gasteiger partial charge in [0.15, 0.2) is 0 Å². The largest absolute Gasteiger partial charge is 0.497 e. The van der Waals surface area contributed by atoms with Crippen molar-refractivity contribution in [2.75, 3.05) is 19.0 Å². The predicted octanol–water partition coefficient (Wildman–Crippen LogP) is 4.34. The summed E-state index contributed by atoms with van der Waals surface area (Å²) in [5.74, 6) is 0.755. The third kappa shape index (κ3) is 4.72. The van der Waals surface area contributed by atoms with Gasteiger partial charge in [0.05, 0.1) is 24.3 Å². The molecule has 2 rings (SSSR count). The van der Waals surface area contributed by atoms with Gasteiger partial charge in [-0.3, -0.25) is 14.9 Å². The van der Waals surface area contributed by atoms with Crippen molar-refractivity contribution in [2.24, 2.45) is 0 Å². The number of amides is 1. The Labute approximate surface area is 152 Å². The number of nitro groups is 1. The molecule has 138 valence electrons. The molecule has 7 nitrogen and oxygen atoms in total. The number of benzene rings is 2. The Hall–Kier alpha value is -3.09. The normalized spacial score (nSPS) is 10.3. The van der Waals surface area contributed by atoms with Gasteiger partial charge in [-0.25, -0.2) is 0 Å². The minimum absolute atomic E-state index is 0.0217. The molecule has 2 aromatic carbocycles. The molecule has 26 heavy (non-hydrogen) atoms. The van der Waals surface area contributed by atoms with Crippen LogP contribution in [0.4, 0.5) is 11.4 Å². The number of hydrogen-bond acceptors (Lipinski definition) is 5. The Kier molecular flexibility index (Phi) is 6.54. The number of aryl methyl sites for hydroxylation is 1. The maximum Gasteiger partial charge on any atom is 0.272 e. The van der Waals surface area contributed by atoms with Crippen molar-refractivity contribution < 1.29 is 19.2 Å². The molecular formula is C19H22N2O5. The number of rotatable bonds is 8. The second kappa shape index (κ2) is 8.84. The van der Waals surface area contributed by atoms with Crippen molar-refractivity contribution in [2.45, 2.75) is 26.7 Å². The molecule has 1 N–H and O–H groups in total. The molecule has 0 aliphatic carbocycles. The molecule has 0 unspecified atom stereocenters. The summed E-state index contributed by atoms with van der Waals surface area (Å²) < 4.78 is 10.9. The molecule has 0 bridgehead atoms. The Balaban J connectivity index is 2.24. The molecule has 0 spiro atoms. The molecule has 2 aromatic rings. The summed E-state index contributed by atoms with van der Waals surface area (Å²) in [6, 6.07) is 9.42. The second-order valence-corrected chi connectivity index (χ2v) is 5.78. The fourth-order valence-electron chi connectivity index (χ4n) is 2.38. The highest BCUT2D eigenvalue weighted by atomic mass is 16.6. The van der Waals surface area contributed by atoms with E-state index in [1.165, 1.54) is 25.3 Å². The molecule has 0 fully saturated rings. The number of carbonyl (C=O) groups is 1. The first-order chi connectivity index (χ1) is 12.5.